The second kappa shape index (κ2) is 8.07. The highest BCUT2D eigenvalue weighted by Gasteiger charge is 2.42. The molecule has 3 amide bonds. The minimum atomic E-state index is -0.488. The quantitative estimate of drug-likeness (QED) is 0.524. The lowest BCUT2D eigenvalue weighted by molar-refractivity contribution is -0.121. The highest BCUT2D eigenvalue weighted by molar-refractivity contribution is 7.17. The fourth-order valence-corrected chi connectivity index (χ4v) is 6.00. The fourth-order valence-electron chi connectivity index (χ4n) is 4.74. The molecular formula is C24H27N3O5S. The topological polar surface area (TPSA) is 105 Å². The molecule has 174 valence electrons. The molecule has 1 aromatic heterocycles. The Morgan fingerprint density at radius 2 is 1.67 bits per heavy atom. The van der Waals surface area contributed by atoms with E-state index in [0.29, 0.717) is 28.2 Å². The summed E-state index contributed by atoms with van der Waals surface area (Å²) in [5, 5.41) is 6.91. The Morgan fingerprint density at radius 1 is 1.06 bits per heavy atom. The third-order valence-electron chi connectivity index (χ3n) is 5.90. The van der Waals surface area contributed by atoms with Crippen LogP contribution in [0.15, 0.2) is 24.3 Å². The molecule has 2 N–H and O–H groups in total. The monoisotopic (exact) mass is 469 g/mol. The summed E-state index contributed by atoms with van der Waals surface area (Å²) in [7, 11) is 1.33. The zero-order valence-corrected chi connectivity index (χ0v) is 20.1. The van der Waals surface area contributed by atoms with Crippen LogP contribution < -0.4 is 15.5 Å². The number of nitrogens with one attached hydrogen (secondary N) is 2. The molecule has 33 heavy (non-hydrogen) atoms. The Morgan fingerprint density at radius 3 is 2.24 bits per heavy atom. The second-order valence-electron chi connectivity index (χ2n) is 9.54. The van der Waals surface area contributed by atoms with Crippen LogP contribution in [-0.2, 0) is 26.3 Å². The van der Waals surface area contributed by atoms with Gasteiger partial charge in [-0.15, -0.1) is 11.3 Å². The van der Waals surface area contributed by atoms with Gasteiger partial charge in [-0.05, 0) is 63.9 Å². The summed E-state index contributed by atoms with van der Waals surface area (Å²) in [5.74, 6) is -1.38. The van der Waals surface area contributed by atoms with Crippen molar-refractivity contribution in [2.24, 2.45) is 0 Å². The van der Waals surface area contributed by atoms with Crippen LogP contribution in [0.2, 0.25) is 0 Å². The van der Waals surface area contributed by atoms with Crippen molar-refractivity contribution in [2.75, 3.05) is 17.3 Å². The maximum absolute atomic E-state index is 13.0. The van der Waals surface area contributed by atoms with Crippen molar-refractivity contribution in [2.45, 2.75) is 58.0 Å². The number of carbonyl (C=O) groups is 4. The Balaban J connectivity index is 1.65. The minimum absolute atomic E-state index is 0.197. The van der Waals surface area contributed by atoms with Gasteiger partial charge in [0.2, 0.25) is 11.8 Å². The molecule has 0 saturated carbocycles. The van der Waals surface area contributed by atoms with Crippen LogP contribution >= 0.6 is 11.3 Å². The first kappa shape index (κ1) is 23.1. The number of anilines is 2. The number of nitrogens with zero attached hydrogens (tertiary/aromatic N) is 1. The van der Waals surface area contributed by atoms with E-state index in [0.717, 1.165) is 15.3 Å². The smallest absolute Gasteiger partial charge is 0.341 e. The minimum Gasteiger partial charge on any atom is -0.465 e. The van der Waals surface area contributed by atoms with Crippen molar-refractivity contribution in [1.82, 2.24) is 5.32 Å². The molecule has 9 heteroatoms. The molecule has 2 aromatic rings. The summed E-state index contributed by atoms with van der Waals surface area (Å²) in [6, 6.07) is 6.27. The van der Waals surface area contributed by atoms with Crippen molar-refractivity contribution in [1.29, 1.82) is 0 Å². The van der Waals surface area contributed by atoms with E-state index in [4.69, 9.17) is 4.74 Å². The highest BCUT2D eigenvalue weighted by atomic mass is 32.1. The van der Waals surface area contributed by atoms with Crippen LogP contribution in [0, 0.1) is 0 Å². The van der Waals surface area contributed by atoms with Crippen LogP contribution in [-0.4, -0.2) is 36.3 Å². The van der Waals surface area contributed by atoms with Crippen molar-refractivity contribution in [3.63, 3.8) is 0 Å². The first-order valence-electron chi connectivity index (χ1n) is 10.7. The third-order valence-corrected chi connectivity index (χ3v) is 7.37. The molecule has 1 fully saturated rings. The summed E-state index contributed by atoms with van der Waals surface area (Å²) in [5.41, 5.74) is 1.44. The van der Waals surface area contributed by atoms with Crippen LogP contribution in [0.1, 0.15) is 71.7 Å². The van der Waals surface area contributed by atoms with Gasteiger partial charge in [-0.2, -0.15) is 0 Å². The van der Waals surface area contributed by atoms with Gasteiger partial charge >= 0.3 is 5.97 Å². The molecule has 0 radical (unpaired) electrons. The first-order valence-corrected chi connectivity index (χ1v) is 11.6. The van der Waals surface area contributed by atoms with Crippen LogP contribution in [0.5, 0.6) is 0 Å². The van der Waals surface area contributed by atoms with Gasteiger partial charge in [0.1, 0.15) is 5.00 Å². The molecule has 1 saturated heterocycles. The molecule has 0 aliphatic carbocycles. The molecule has 2 aliphatic heterocycles. The number of thiophene rings is 1. The number of fused-ring (bicyclic) bond motifs is 1. The average Bonchev–Trinajstić information content (AvgIpc) is 3.26. The van der Waals surface area contributed by atoms with E-state index < -0.39 is 11.9 Å². The predicted octanol–water partition coefficient (Wildman–Crippen LogP) is 3.60. The molecule has 2 aliphatic rings. The molecule has 8 nitrogen and oxygen atoms in total. The van der Waals surface area contributed by atoms with Gasteiger partial charge in [0, 0.05) is 34.4 Å². The average molecular weight is 470 g/mol. The van der Waals surface area contributed by atoms with E-state index in [1.807, 2.05) is 0 Å². The lowest BCUT2D eigenvalue weighted by atomic mass is 9.81. The number of amides is 3. The zero-order chi connectivity index (χ0) is 24.1. The summed E-state index contributed by atoms with van der Waals surface area (Å²) in [6.07, 6.45) is 1.01. The first-order chi connectivity index (χ1) is 15.4. The predicted molar refractivity (Wildman–Crippen MR) is 126 cm³/mol. The number of methoxy groups -OCH3 is 1. The van der Waals surface area contributed by atoms with E-state index in [1.165, 1.54) is 18.4 Å². The van der Waals surface area contributed by atoms with Gasteiger partial charge in [-0.3, -0.25) is 19.3 Å². The van der Waals surface area contributed by atoms with Gasteiger partial charge in [0.25, 0.3) is 5.91 Å². The molecule has 3 heterocycles. The maximum atomic E-state index is 13.0. The summed E-state index contributed by atoms with van der Waals surface area (Å²) >= 11 is 1.37. The van der Waals surface area contributed by atoms with Crippen LogP contribution in [0.3, 0.4) is 0 Å². The standard InChI is InChI=1S/C24H27N3O5S/c1-23(2)12-15-18(22(31)32-5)21(33-19(15)24(3,4)26-23)25-20(30)13-6-8-14(9-7-13)27-16(28)10-11-17(27)29/h6-9,26H,10-12H2,1-5H3,(H,25,30). The molecule has 1 aromatic carbocycles. The number of hydrogen-bond acceptors (Lipinski definition) is 7. The molecule has 4 rings (SSSR count). The number of ether oxygens (including phenoxy) is 1. The largest absolute Gasteiger partial charge is 0.465 e. The number of rotatable bonds is 4. The van der Waals surface area contributed by atoms with Crippen molar-refractivity contribution < 1.29 is 23.9 Å². The fraction of sp³-hybridized carbons (Fsp3) is 0.417. The Labute approximate surface area is 196 Å². The van der Waals surface area contributed by atoms with E-state index in [2.05, 4.69) is 38.3 Å². The van der Waals surface area contributed by atoms with Crippen LogP contribution in [0.4, 0.5) is 10.7 Å². The lowest BCUT2D eigenvalue weighted by Gasteiger charge is -2.42. The van der Waals surface area contributed by atoms with Gasteiger partial charge in [0.05, 0.1) is 18.4 Å². The van der Waals surface area contributed by atoms with E-state index in [9.17, 15) is 19.2 Å². The van der Waals surface area contributed by atoms with Crippen LogP contribution in [0.25, 0.3) is 0 Å². The maximum Gasteiger partial charge on any atom is 0.341 e. The number of esters is 1. The Kier molecular flexibility index (Phi) is 5.66. The SMILES string of the molecule is COC(=O)c1c(NC(=O)c2ccc(N3C(=O)CCC3=O)cc2)sc2c1CC(C)(C)NC2(C)C. The van der Waals surface area contributed by atoms with Gasteiger partial charge in [-0.25, -0.2) is 4.79 Å². The van der Waals surface area contributed by atoms with E-state index >= 15 is 0 Å². The second-order valence-corrected chi connectivity index (χ2v) is 10.6. The molecule has 0 atom stereocenters. The van der Waals surface area contributed by atoms with Crippen molar-refractivity contribution in [3.05, 3.63) is 45.8 Å². The molecule has 0 bridgehead atoms. The van der Waals surface area contributed by atoms with Crippen molar-refractivity contribution in [3.8, 4) is 0 Å². The normalized spacial score (nSPS) is 18.8. The van der Waals surface area contributed by atoms with Crippen molar-refractivity contribution >= 4 is 45.7 Å². The third kappa shape index (κ3) is 4.18. The summed E-state index contributed by atoms with van der Waals surface area (Å²) in [4.78, 5) is 51.7. The Bertz CT molecular complexity index is 1150. The number of imide groups is 1. The number of benzene rings is 1. The molecule has 0 unspecified atom stereocenters. The zero-order valence-electron chi connectivity index (χ0n) is 19.3. The Hall–Kier alpha value is -3.04. The van der Waals surface area contributed by atoms with Gasteiger partial charge in [0.15, 0.2) is 0 Å². The molecular weight excluding hydrogens is 442 g/mol. The summed E-state index contributed by atoms with van der Waals surface area (Å²) in [6.45, 7) is 8.25. The lowest BCUT2D eigenvalue weighted by Crippen LogP contribution is -2.55. The molecule has 0 spiro atoms. The van der Waals surface area contributed by atoms with E-state index in [-0.39, 0.29) is 35.7 Å². The summed E-state index contributed by atoms with van der Waals surface area (Å²) < 4.78 is 5.04. The van der Waals surface area contributed by atoms with Gasteiger partial charge < -0.3 is 15.4 Å². The highest BCUT2D eigenvalue weighted by Crippen LogP contribution is 2.45. The number of carbonyl (C=O) groups excluding carboxylic acids is 4. The van der Waals surface area contributed by atoms with Gasteiger partial charge in [-0.1, -0.05) is 0 Å². The number of hydrogen-bond donors (Lipinski definition) is 2. The van der Waals surface area contributed by atoms with E-state index in [1.54, 1.807) is 24.3 Å².